The molecule has 0 aliphatic carbocycles. The second-order valence-corrected chi connectivity index (χ2v) is 2.76. The average molecular weight is 128 g/mol. The lowest BCUT2D eigenvalue weighted by Crippen LogP contribution is -2.43. The predicted molar refractivity (Wildman–Crippen MR) is 36.9 cm³/mol. The largest absolute Gasteiger partial charge is 0.453 e. The van der Waals surface area contributed by atoms with Crippen LogP contribution in [0.1, 0.15) is 13.8 Å². The van der Waals surface area contributed by atoms with Crippen molar-refractivity contribution in [3.63, 3.8) is 0 Å². The molecular weight excluding hydrogens is 114 g/mol. The molecule has 0 amide bonds. The molecule has 0 N–H and O–H groups in total. The third-order valence-corrected chi connectivity index (χ3v) is 1.74. The molecule has 2 unspecified atom stereocenters. The van der Waals surface area contributed by atoms with E-state index in [-0.39, 0.29) is 0 Å². The summed E-state index contributed by atoms with van der Waals surface area (Å²) in [6.07, 6.45) is 0.360. The standard InChI is InChI=1S/C7H14NO/c1-6-5-9-7(2)4-8(6)3/h6-7H,3-5H2,1-2H3/q-1. The van der Waals surface area contributed by atoms with E-state index < -0.39 is 0 Å². The molecule has 0 aromatic heterocycles. The molecule has 1 heterocycles. The van der Waals surface area contributed by atoms with Crippen molar-refractivity contribution in [1.82, 2.24) is 4.90 Å². The monoisotopic (exact) mass is 128 g/mol. The van der Waals surface area contributed by atoms with Crippen molar-refractivity contribution in [1.29, 1.82) is 0 Å². The highest BCUT2D eigenvalue weighted by Crippen LogP contribution is 2.08. The topological polar surface area (TPSA) is 12.5 Å². The molecule has 0 radical (unpaired) electrons. The van der Waals surface area contributed by atoms with Gasteiger partial charge in [0.05, 0.1) is 12.7 Å². The van der Waals surface area contributed by atoms with Crippen LogP contribution in [0.25, 0.3) is 0 Å². The fourth-order valence-electron chi connectivity index (χ4n) is 0.972. The first kappa shape index (κ1) is 7.03. The molecule has 54 valence electrons. The molecule has 2 heteroatoms. The smallest absolute Gasteiger partial charge is 0.0650 e. The molecule has 0 saturated carbocycles. The molecule has 1 fully saturated rings. The van der Waals surface area contributed by atoms with Gasteiger partial charge in [0.1, 0.15) is 0 Å². The Morgan fingerprint density at radius 3 is 2.67 bits per heavy atom. The maximum Gasteiger partial charge on any atom is 0.0650 e. The Bertz CT molecular complexity index is 94.9. The third-order valence-electron chi connectivity index (χ3n) is 1.74. The van der Waals surface area contributed by atoms with Crippen molar-refractivity contribution in [2.75, 3.05) is 13.2 Å². The van der Waals surface area contributed by atoms with Crippen molar-refractivity contribution in [3.05, 3.63) is 7.05 Å². The summed E-state index contributed by atoms with van der Waals surface area (Å²) in [5.74, 6) is 0. The summed E-state index contributed by atoms with van der Waals surface area (Å²) in [5.41, 5.74) is 0. The molecule has 1 aliphatic heterocycles. The summed E-state index contributed by atoms with van der Waals surface area (Å²) in [5, 5.41) is 0. The predicted octanol–water partition coefficient (Wildman–Crippen LogP) is 0.887. The van der Waals surface area contributed by atoms with Gasteiger partial charge in [0.25, 0.3) is 0 Å². The van der Waals surface area contributed by atoms with E-state index in [2.05, 4.69) is 25.8 Å². The minimum atomic E-state index is 0.360. The highest BCUT2D eigenvalue weighted by atomic mass is 16.5. The van der Waals surface area contributed by atoms with Crippen molar-refractivity contribution in [2.24, 2.45) is 0 Å². The molecule has 2 nitrogen and oxygen atoms in total. The molecule has 1 aliphatic rings. The Morgan fingerprint density at radius 2 is 2.22 bits per heavy atom. The van der Waals surface area contributed by atoms with Crippen LogP contribution in [0, 0.1) is 7.05 Å². The molecule has 0 aromatic rings. The van der Waals surface area contributed by atoms with E-state index in [1.807, 2.05) is 0 Å². The maximum atomic E-state index is 5.38. The van der Waals surface area contributed by atoms with Crippen LogP contribution in [0.4, 0.5) is 0 Å². The van der Waals surface area contributed by atoms with Gasteiger partial charge in [-0.05, 0) is 20.4 Å². The highest BCUT2D eigenvalue weighted by Gasteiger charge is 2.14. The van der Waals surface area contributed by atoms with Gasteiger partial charge in [-0.25, -0.2) is 0 Å². The first-order valence-corrected chi connectivity index (χ1v) is 3.39. The van der Waals surface area contributed by atoms with Gasteiger partial charge in [0, 0.05) is 6.04 Å². The number of hydrogen-bond donors (Lipinski definition) is 0. The highest BCUT2D eigenvalue weighted by molar-refractivity contribution is 4.73. The number of morpholine rings is 1. The van der Waals surface area contributed by atoms with Crippen molar-refractivity contribution < 1.29 is 4.74 Å². The van der Waals surface area contributed by atoms with Crippen LogP contribution in [0.5, 0.6) is 0 Å². The van der Waals surface area contributed by atoms with E-state index >= 15 is 0 Å². The van der Waals surface area contributed by atoms with Crippen LogP contribution in [0.15, 0.2) is 0 Å². The number of hydrogen-bond acceptors (Lipinski definition) is 2. The Kier molecular flexibility index (Phi) is 2.09. The van der Waals surface area contributed by atoms with Gasteiger partial charge in [0.2, 0.25) is 0 Å². The lowest BCUT2D eigenvalue weighted by Gasteiger charge is -2.39. The van der Waals surface area contributed by atoms with Gasteiger partial charge < -0.3 is 9.64 Å². The second kappa shape index (κ2) is 2.67. The van der Waals surface area contributed by atoms with Crippen molar-refractivity contribution in [2.45, 2.75) is 26.0 Å². The Morgan fingerprint density at radius 1 is 1.56 bits per heavy atom. The fraction of sp³-hybridized carbons (Fsp3) is 0.857. The van der Waals surface area contributed by atoms with E-state index in [0.717, 1.165) is 13.2 Å². The van der Waals surface area contributed by atoms with Crippen LogP contribution in [0.2, 0.25) is 0 Å². The zero-order valence-electron chi connectivity index (χ0n) is 6.13. The Hall–Kier alpha value is -0.0800. The molecule has 0 aromatic carbocycles. The van der Waals surface area contributed by atoms with E-state index in [9.17, 15) is 0 Å². The van der Waals surface area contributed by atoms with Gasteiger partial charge >= 0.3 is 0 Å². The first-order valence-electron chi connectivity index (χ1n) is 3.39. The van der Waals surface area contributed by atoms with Crippen LogP contribution < -0.4 is 0 Å². The lowest BCUT2D eigenvalue weighted by molar-refractivity contribution is -0.0318. The van der Waals surface area contributed by atoms with E-state index in [4.69, 9.17) is 4.74 Å². The van der Waals surface area contributed by atoms with Gasteiger partial charge in [-0.1, -0.05) is 0 Å². The summed E-state index contributed by atoms with van der Waals surface area (Å²) in [4.78, 5) is 2.08. The van der Waals surface area contributed by atoms with Crippen LogP contribution in [-0.4, -0.2) is 30.2 Å². The summed E-state index contributed by atoms with van der Waals surface area (Å²) < 4.78 is 5.38. The number of rotatable bonds is 0. The zero-order chi connectivity index (χ0) is 6.85. The van der Waals surface area contributed by atoms with Gasteiger partial charge in [-0.3, -0.25) is 7.05 Å². The zero-order valence-corrected chi connectivity index (χ0v) is 6.13. The minimum Gasteiger partial charge on any atom is -0.453 e. The van der Waals surface area contributed by atoms with E-state index in [1.165, 1.54) is 0 Å². The Labute approximate surface area is 56.8 Å². The molecule has 1 rings (SSSR count). The third kappa shape index (κ3) is 1.66. The van der Waals surface area contributed by atoms with Gasteiger partial charge in [0.15, 0.2) is 0 Å². The number of ether oxygens (including phenoxy) is 1. The fourth-order valence-corrected chi connectivity index (χ4v) is 0.972. The first-order chi connectivity index (χ1) is 4.20. The molecule has 2 atom stereocenters. The van der Waals surface area contributed by atoms with Gasteiger partial charge in [-0.15, -0.1) is 0 Å². The van der Waals surface area contributed by atoms with Crippen molar-refractivity contribution >= 4 is 0 Å². The molecule has 1 saturated heterocycles. The summed E-state index contributed by atoms with van der Waals surface area (Å²) in [6, 6.07) is 0.487. The second-order valence-electron chi connectivity index (χ2n) is 2.76. The Balaban J connectivity index is 2.35. The van der Waals surface area contributed by atoms with Crippen LogP contribution in [0.3, 0.4) is 0 Å². The summed E-state index contributed by atoms with van der Waals surface area (Å²) >= 11 is 0. The molecule has 9 heavy (non-hydrogen) atoms. The van der Waals surface area contributed by atoms with E-state index in [0.29, 0.717) is 12.1 Å². The van der Waals surface area contributed by atoms with Crippen LogP contribution >= 0.6 is 0 Å². The molecule has 0 spiro atoms. The molecular formula is C7H14NO-. The normalized spacial score (nSPS) is 39.0. The molecule has 0 bridgehead atoms. The van der Waals surface area contributed by atoms with Crippen molar-refractivity contribution in [3.8, 4) is 0 Å². The average Bonchev–Trinajstić information content (AvgIpc) is 1.80. The van der Waals surface area contributed by atoms with E-state index in [1.54, 1.807) is 0 Å². The minimum absolute atomic E-state index is 0.360. The lowest BCUT2D eigenvalue weighted by atomic mass is 10.2. The summed E-state index contributed by atoms with van der Waals surface area (Å²) in [7, 11) is 3.88. The summed E-state index contributed by atoms with van der Waals surface area (Å²) in [6.45, 7) is 5.98. The number of nitrogens with zero attached hydrogens (tertiary/aromatic N) is 1. The quantitative estimate of drug-likeness (QED) is 0.449. The van der Waals surface area contributed by atoms with Crippen LogP contribution in [-0.2, 0) is 4.74 Å². The SMILES string of the molecule is [CH2-]N1CC(C)OCC1C. The van der Waals surface area contributed by atoms with Gasteiger partial charge in [-0.2, -0.15) is 0 Å². The maximum absolute atomic E-state index is 5.38.